The fourth-order valence-electron chi connectivity index (χ4n) is 7.30. The summed E-state index contributed by atoms with van der Waals surface area (Å²) in [7, 11) is 1.53. The normalized spacial score (nSPS) is 19.4. The van der Waals surface area contributed by atoms with Crippen LogP contribution < -0.4 is 4.74 Å². The van der Waals surface area contributed by atoms with E-state index in [2.05, 4.69) is 4.98 Å². The number of ether oxygens (including phenoxy) is 7. The van der Waals surface area contributed by atoms with Crippen LogP contribution in [0.15, 0.2) is 158 Å². The molecule has 0 unspecified atom stereocenters. The second kappa shape index (κ2) is 20.7. The molecule has 5 aromatic carbocycles. The molecule has 1 fully saturated rings. The summed E-state index contributed by atoms with van der Waals surface area (Å²) >= 11 is 0. The van der Waals surface area contributed by atoms with Crippen LogP contribution in [0.2, 0.25) is 0 Å². The van der Waals surface area contributed by atoms with Gasteiger partial charge in [0.05, 0.1) is 29.4 Å². The molecule has 332 valence electrons. The number of pyridine rings is 1. The van der Waals surface area contributed by atoms with Crippen LogP contribution in [0, 0.1) is 0 Å². The molecular formula is C51H45NO13. The number of aromatic nitrogens is 1. The SMILES string of the molecule is COc1ccc(Cc2cc(COC(C)=O)cnc2[C@@]2(O)O[C@H]([C@H](C)OC(=O)c3ccccc3)[C@@H](OC(=O)c3ccccc3)[C@H](OC(=O)c3ccccc3)[C@H]2OC(=O)c2ccccc2)cc1. The monoisotopic (exact) mass is 879 g/mol. The summed E-state index contributed by atoms with van der Waals surface area (Å²) in [5.41, 5.74) is 1.60. The molecule has 0 bridgehead atoms. The molecule has 65 heavy (non-hydrogen) atoms. The summed E-state index contributed by atoms with van der Waals surface area (Å²) in [5, 5.41) is 13.5. The molecular weight excluding hydrogens is 835 g/mol. The minimum atomic E-state index is -2.87. The molecule has 1 N–H and O–H groups in total. The first kappa shape index (κ1) is 45.3. The van der Waals surface area contributed by atoms with Crippen LogP contribution in [0.5, 0.6) is 5.75 Å². The third kappa shape index (κ3) is 10.9. The zero-order chi connectivity index (χ0) is 45.9. The van der Waals surface area contributed by atoms with Gasteiger partial charge in [0.15, 0.2) is 12.2 Å². The second-order valence-electron chi connectivity index (χ2n) is 15.1. The molecule has 6 atom stereocenters. The van der Waals surface area contributed by atoms with Crippen molar-refractivity contribution in [2.24, 2.45) is 0 Å². The van der Waals surface area contributed by atoms with E-state index in [-0.39, 0.29) is 41.0 Å². The largest absolute Gasteiger partial charge is 0.497 e. The fraction of sp³-hybridized carbons (Fsp3) is 0.216. The van der Waals surface area contributed by atoms with E-state index in [1.165, 1.54) is 75.7 Å². The Bertz CT molecular complexity index is 2590. The lowest BCUT2D eigenvalue weighted by Gasteiger charge is -2.50. The molecule has 1 aliphatic heterocycles. The Kier molecular flexibility index (Phi) is 14.4. The number of methoxy groups -OCH3 is 1. The summed E-state index contributed by atoms with van der Waals surface area (Å²) in [4.78, 5) is 72.9. The van der Waals surface area contributed by atoms with Gasteiger partial charge in [-0.05, 0) is 91.2 Å². The number of nitrogens with zero attached hydrogens (tertiary/aromatic N) is 1. The molecule has 0 spiro atoms. The molecule has 0 saturated carbocycles. The minimum absolute atomic E-state index is 0.0521. The quantitative estimate of drug-likeness (QED) is 0.0807. The molecule has 6 aromatic rings. The number of aliphatic hydroxyl groups is 1. The lowest BCUT2D eigenvalue weighted by Crippen LogP contribution is -2.68. The number of rotatable bonds is 15. The molecule has 14 heteroatoms. The number of esters is 5. The fourth-order valence-corrected chi connectivity index (χ4v) is 7.30. The topological polar surface area (TPSA) is 183 Å². The highest BCUT2D eigenvalue weighted by Crippen LogP contribution is 2.44. The van der Waals surface area contributed by atoms with Gasteiger partial charge in [0.1, 0.15) is 30.3 Å². The van der Waals surface area contributed by atoms with Crippen molar-refractivity contribution in [2.45, 2.75) is 63.2 Å². The maximum Gasteiger partial charge on any atom is 0.338 e. The van der Waals surface area contributed by atoms with E-state index in [4.69, 9.17) is 33.2 Å². The molecule has 1 saturated heterocycles. The van der Waals surface area contributed by atoms with Gasteiger partial charge in [0, 0.05) is 18.7 Å². The highest BCUT2D eigenvalue weighted by atomic mass is 16.7. The minimum Gasteiger partial charge on any atom is -0.497 e. The van der Waals surface area contributed by atoms with Gasteiger partial charge in [-0.15, -0.1) is 0 Å². The van der Waals surface area contributed by atoms with Crippen molar-refractivity contribution in [3.05, 3.63) is 202 Å². The van der Waals surface area contributed by atoms with Gasteiger partial charge in [-0.2, -0.15) is 0 Å². The van der Waals surface area contributed by atoms with Crippen molar-refractivity contribution in [3.8, 4) is 5.75 Å². The average Bonchev–Trinajstić information content (AvgIpc) is 3.33. The Morgan fingerprint density at radius 2 is 1.12 bits per heavy atom. The molecule has 7 rings (SSSR count). The first-order valence-corrected chi connectivity index (χ1v) is 20.6. The number of carbonyl (C=O) groups excluding carboxylic acids is 5. The van der Waals surface area contributed by atoms with Crippen LogP contribution in [0.1, 0.15) is 77.7 Å². The maximum absolute atomic E-state index is 14.3. The van der Waals surface area contributed by atoms with Crippen LogP contribution >= 0.6 is 0 Å². The molecule has 2 heterocycles. The Morgan fingerprint density at radius 1 is 0.646 bits per heavy atom. The van der Waals surface area contributed by atoms with Gasteiger partial charge >= 0.3 is 29.8 Å². The zero-order valence-electron chi connectivity index (χ0n) is 35.6. The van der Waals surface area contributed by atoms with Crippen molar-refractivity contribution in [2.75, 3.05) is 7.11 Å². The summed E-state index contributed by atoms with van der Waals surface area (Å²) in [6.45, 7) is 2.53. The van der Waals surface area contributed by atoms with E-state index in [0.717, 1.165) is 0 Å². The van der Waals surface area contributed by atoms with Gasteiger partial charge in [-0.1, -0.05) is 84.9 Å². The molecule has 0 amide bonds. The third-order valence-corrected chi connectivity index (χ3v) is 10.5. The average molecular weight is 880 g/mol. The van der Waals surface area contributed by atoms with Gasteiger partial charge in [-0.3, -0.25) is 9.78 Å². The highest BCUT2D eigenvalue weighted by molar-refractivity contribution is 5.91. The van der Waals surface area contributed by atoms with Crippen molar-refractivity contribution >= 4 is 29.8 Å². The van der Waals surface area contributed by atoms with E-state index in [9.17, 15) is 29.1 Å². The molecule has 0 aliphatic carbocycles. The lowest BCUT2D eigenvalue weighted by molar-refractivity contribution is -0.362. The molecule has 1 aliphatic rings. The van der Waals surface area contributed by atoms with E-state index in [1.54, 1.807) is 103 Å². The second-order valence-corrected chi connectivity index (χ2v) is 15.1. The van der Waals surface area contributed by atoms with Gasteiger partial charge in [0.25, 0.3) is 5.79 Å². The van der Waals surface area contributed by atoms with Crippen LogP contribution in [0.25, 0.3) is 0 Å². The summed E-state index contributed by atoms with van der Waals surface area (Å²) in [6, 6.07) is 40.5. The van der Waals surface area contributed by atoms with Crippen LogP contribution in [-0.2, 0) is 52.0 Å². The maximum atomic E-state index is 14.3. The summed E-state index contributed by atoms with van der Waals surface area (Å²) in [5.74, 6) is -6.45. The van der Waals surface area contributed by atoms with Gasteiger partial charge in [0.2, 0.25) is 6.10 Å². The molecule has 0 radical (unpaired) electrons. The third-order valence-electron chi connectivity index (χ3n) is 10.5. The van der Waals surface area contributed by atoms with Crippen LogP contribution in [0.4, 0.5) is 0 Å². The molecule has 1 aromatic heterocycles. The summed E-state index contributed by atoms with van der Waals surface area (Å²) < 4.78 is 42.0. The van der Waals surface area contributed by atoms with Crippen molar-refractivity contribution in [1.29, 1.82) is 0 Å². The molecule has 14 nitrogen and oxygen atoms in total. The Balaban J connectivity index is 1.44. The standard InChI is InChI=1S/C51H45NO13/c1-32(61-47(54)36-16-8-4-9-17-36)42-43(62-48(55)37-18-10-5-11-19-37)44(63-49(56)38-20-12-6-13-21-38)46(64-50(57)39-22-14-7-15-23-39)51(58,65-42)45-40(28-34-24-26-41(59-3)27-25-34)29-35(30-52-45)31-60-33(2)53/h4-27,29-30,32,42-44,46,58H,28,31H2,1-3H3/t32-,42+,43+,44-,46+,51+/m0/s1. The number of benzene rings is 5. The van der Waals surface area contributed by atoms with Crippen LogP contribution in [-0.4, -0.2) is 77.6 Å². The zero-order valence-corrected chi connectivity index (χ0v) is 35.6. The lowest BCUT2D eigenvalue weighted by atomic mass is 9.85. The first-order chi connectivity index (χ1) is 31.4. The summed E-state index contributed by atoms with van der Waals surface area (Å²) in [6.07, 6.45) is -7.30. The van der Waals surface area contributed by atoms with E-state index in [0.29, 0.717) is 22.4 Å². The van der Waals surface area contributed by atoms with Gasteiger partial charge < -0.3 is 38.3 Å². The number of hydrogen-bond acceptors (Lipinski definition) is 14. The van der Waals surface area contributed by atoms with Gasteiger partial charge in [-0.25, -0.2) is 19.2 Å². The van der Waals surface area contributed by atoms with Crippen LogP contribution in [0.3, 0.4) is 0 Å². The number of carbonyl (C=O) groups is 5. The highest BCUT2D eigenvalue weighted by Gasteiger charge is 2.63. The predicted molar refractivity (Wildman–Crippen MR) is 233 cm³/mol. The first-order valence-electron chi connectivity index (χ1n) is 20.6. The van der Waals surface area contributed by atoms with E-state index in [1.807, 2.05) is 0 Å². The van der Waals surface area contributed by atoms with E-state index < -0.39 is 66.2 Å². The van der Waals surface area contributed by atoms with Crippen molar-refractivity contribution in [1.82, 2.24) is 4.98 Å². The Hall–Kier alpha value is -7.68. The Labute approximate surface area is 374 Å². The van der Waals surface area contributed by atoms with E-state index >= 15 is 0 Å². The smallest absolute Gasteiger partial charge is 0.338 e. The van der Waals surface area contributed by atoms with Crippen molar-refractivity contribution < 1.29 is 62.2 Å². The van der Waals surface area contributed by atoms with Crippen molar-refractivity contribution in [3.63, 3.8) is 0 Å². The number of hydrogen-bond donors (Lipinski definition) is 1. The Morgan fingerprint density at radius 3 is 1.62 bits per heavy atom. The predicted octanol–water partition coefficient (Wildman–Crippen LogP) is 7.21.